The maximum atomic E-state index is 12.1. The lowest BCUT2D eigenvalue weighted by Crippen LogP contribution is -2.24. The van der Waals surface area contributed by atoms with E-state index in [-0.39, 0.29) is 11.4 Å². The first-order valence-electron chi connectivity index (χ1n) is 5.46. The monoisotopic (exact) mass is 269 g/mol. The van der Waals surface area contributed by atoms with E-state index in [1.54, 1.807) is 26.0 Å². The molecule has 6 nitrogen and oxygen atoms in total. The third-order valence-corrected chi connectivity index (χ3v) is 4.23. The maximum Gasteiger partial charge on any atom is 0.244 e. The molecule has 2 N–H and O–H groups in total. The van der Waals surface area contributed by atoms with Crippen molar-refractivity contribution in [3.8, 4) is 0 Å². The quantitative estimate of drug-likeness (QED) is 0.878. The number of hydrogen-bond donors (Lipinski definition) is 2. The maximum absolute atomic E-state index is 12.1. The largest absolute Gasteiger partial charge is 0.465 e. The zero-order chi connectivity index (χ0) is 13.3. The Morgan fingerprint density at radius 2 is 2.06 bits per heavy atom. The highest BCUT2D eigenvalue weighted by molar-refractivity contribution is 7.89. The van der Waals surface area contributed by atoms with Gasteiger partial charge in [0.05, 0.1) is 17.9 Å². The van der Waals surface area contributed by atoms with E-state index in [0.717, 1.165) is 5.76 Å². The highest BCUT2D eigenvalue weighted by Crippen LogP contribution is 2.17. The molecule has 0 aromatic carbocycles. The Morgan fingerprint density at radius 1 is 1.33 bits per heavy atom. The topological polar surface area (TPSA) is 88.0 Å². The molecule has 0 unspecified atom stereocenters. The first-order valence-corrected chi connectivity index (χ1v) is 6.95. The minimum Gasteiger partial charge on any atom is -0.465 e. The van der Waals surface area contributed by atoms with E-state index in [9.17, 15) is 8.42 Å². The molecule has 0 saturated carbocycles. The molecule has 0 aliphatic rings. The van der Waals surface area contributed by atoms with Gasteiger partial charge >= 0.3 is 0 Å². The van der Waals surface area contributed by atoms with Crippen molar-refractivity contribution in [3.05, 3.63) is 35.0 Å². The number of furan rings is 1. The van der Waals surface area contributed by atoms with E-state index < -0.39 is 10.0 Å². The fraction of sp³-hybridized carbons (Fsp3) is 0.364. The molecule has 0 bridgehead atoms. The predicted molar refractivity (Wildman–Crippen MR) is 65.5 cm³/mol. The lowest BCUT2D eigenvalue weighted by molar-refractivity contribution is 0.475. The third kappa shape index (κ3) is 2.46. The summed E-state index contributed by atoms with van der Waals surface area (Å²) in [4.78, 5) is 0.200. The Kier molecular flexibility index (Phi) is 3.27. The minimum atomic E-state index is -3.57. The van der Waals surface area contributed by atoms with Crippen LogP contribution in [0.15, 0.2) is 21.4 Å². The number of H-pyrrole nitrogens is 1. The van der Waals surface area contributed by atoms with Gasteiger partial charge in [-0.2, -0.15) is 5.10 Å². The van der Waals surface area contributed by atoms with Gasteiger partial charge < -0.3 is 4.42 Å². The van der Waals surface area contributed by atoms with Crippen LogP contribution in [0.5, 0.6) is 0 Å². The Balaban J connectivity index is 2.18. The fourth-order valence-corrected chi connectivity index (χ4v) is 3.11. The number of nitrogens with zero attached hydrogens (tertiary/aromatic N) is 1. The average Bonchev–Trinajstić information content (AvgIpc) is 2.83. The lowest BCUT2D eigenvalue weighted by Gasteiger charge is -2.05. The van der Waals surface area contributed by atoms with Crippen molar-refractivity contribution >= 4 is 10.0 Å². The molecular weight excluding hydrogens is 254 g/mol. The van der Waals surface area contributed by atoms with Gasteiger partial charge in [-0.05, 0) is 32.9 Å². The van der Waals surface area contributed by atoms with Gasteiger partial charge in [0, 0.05) is 0 Å². The standard InChI is InChI=1S/C11H15N3O3S/c1-7-4-5-10(17-7)6-12-18(15,16)11-8(2)13-14-9(11)3/h4-5,12H,6H2,1-3H3,(H,13,14). The smallest absolute Gasteiger partial charge is 0.244 e. The molecule has 2 aromatic heterocycles. The molecule has 0 spiro atoms. The normalized spacial score (nSPS) is 11.9. The Morgan fingerprint density at radius 3 is 2.56 bits per heavy atom. The number of hydrogen-bond acceptors (Lipinski definition) is 4. The summed E-state index contributed by atoms with van der Waals surface area (Å²) in [6, 6.07) is 3.53. The molecule has 98 valence electrons. The molecule has 0 aliphatic heterocycles. The summed E-state index contributed by atoms with van der Waals surface area (Å²) < 4.78 is 32.0. The van der Waals surface area contributed by atoms with E-state index in [1.807, 2.05) is 6.92 Å². The highest BCUT2D eigenvalue weighted by atomic mass is 32.2. The van der Waals surface area contributed by atoms with Crippen molar-refractivity contribution in [2.45, 2.75) is 32.2 Å². The minimum absolute atomic E-state index is 0.125. The van der Waals surface area contributed by atoms with Gasteiger partial charge in [0.15, 0.2) is 0 Å². The molecule has 2 aromatic rings. The van der Waals surface area contributed by atoms with Gasteiger partial charge in [0.2, 0.25) is 10.0 Å². The number of sulfonamides is 1. The van der Waals surface area contributed by atoms with Crippen LogP contribution in [0.1, 0.15) is 22.9 Å². The lowest BCUT2D eigenvalue weighted by atomic mass is 10.4. The van der Waals surface area contributed by atoms with Crippen molar-refractivity contribution in [2.75, 3.05) is 0 Å². The Labute approximate surface area is 105 Å². The van der Waals surface area contributed by atoms with Crippen molar-refractivity contribution < 1.29 is 12.8 Å². The van der Waals surface area contributed by atoms with Crippen LogP contribution < -0.4 is 4.72 Å². The third-order valence-electron chi connectivity index (χ3n) is 2.56. The summed E-state index contributed by atoms with van der Waals surface area (Å²) in [5.41, 5.74) is 0.978. The van der Waals surface area contributed by atoms with Crippen LogP contribution in [0.25, 0.3) is 0 Å². The zero-order valence-electron chi connectivity index (χ0n) is 10.4. The van der Waals surface area contributed by atoms with Crippen LogP contribution in [0.3, 0.4) is 0 Å². The number of aromatic nitrogens is 2. The molecule has 0 amide bonds. The molecular formula is C11H15N3O3S. The number of aromatic amines is 1. The molecule has 7 heteroatoms. The predicted octanol–water partition coefficient (Wildman–Crippen LogP) is 1.41. The van der Waals surface area contributed by atoms with Gasteiger partial charge in [-0.25, -0.2) is 13.1 Å². The van der Waals surface area contributed by atoms with Crippen LogP contribution in [0.4, 0.5) is 0 Å². The van der Waals surface area contributed by atoms with E-state index in [0.29, 0.717) is 17.1 Å². The van der Waals surface area contributed by atoms with E-state index in [4.69, 9.17) is 4.42 Å². The van der Waals surface area contributed by atoms with Crippen LogP contribution >= 0.6 is 0 Å². The summed E-state index contributed by atoms with van der Waals surface area (Å²) in [6.45, 7) is 5.25. The number of rotatable bonds is 4. The summed E-state index contributed by atoms with van der Waals surface area (Å²) in [6.07, 6.45) is 0. The van der Waals surface area contributed by atoms with Crippen LogP contribution in [-0.4, -0.2) is 18.6 Å². The van der Waals surface area contributed by atoms with Gasteiger partial charge in [0.25, 0.3) is 0 Å². The summed E-state index contributed by atoms with van der Waals surface area (Å²) in [5.74, 6) is 1.33. The van der Waals surface area contributed by atoms with Crippen molar-refractivity contribution in [1.82, 2.24) is 14.9 Å². The second-order valence-electron chi connectivity index (χ2n) is 4.10. The first-order chi connectivity index (χ1) is 8.40. The van der Waals surface area contributed by atoms with E-state index in [1.165, 1.54) is 0 Å². The molecule has 0 saturated heterocycles. The van der Waals surface area contributed by atoms with Crippen LogP contribution in [-0.2, 0) is 16.6 Å². The van der Waals surface area contributed by atoms with Gasteiger partial charge in [0.1, 0.15) is 16.4 Å². The van der Waals surface area contributed by atoms with Gasteiger partial charge in [-0.3, -0.25) is 5.10 Å². The average molecular weight is 269 g/mol. The SMILES string of the molecule is Cc1ccc(CNS(=O)(=O)c2c(C)n[nH]c2C)o1. The molecule has 0 radical (unpaired) electrons. The molecule has 2 heterocycles. The van der Waals surface area contributed by atoms with Crippen molar-refractivity contribution in [3.63, 3.8) is 0 Å². The second-order valence-corrected chi connectivity index (χ2v) is 5.80. The first kappa shape index (κ1) is 12.8. The molecule has 2 rings (SSSR count). The summed E-state index contributed by atoms with van der Waals surface area (Å²) in [5, 5.41) is 6.53. The number of nitrogens with one attached hydrogen (secondary N) is 2. The highest BCUT2D eigenvalue weighted by Gasteiger charge is 2.22. The van der Waals surface area contributed by atoms with Crippen LogP contribution in [0, 0.1) is 20.8 Å². The van der Waals surface area contributed by atoms with Crippen molar-refractivity contribution in [1.29, 1.82) is 0 Å². The molecule has 0 atom stereocenters. The van der Waals surface area contributed by atoms with Crippen LogP contribution in [0.2, 0.25) is 0 Å². The summed E-state index contributed by atoms with van der Waals surface area (Å²) in [7, 11) is -3.57. The van der Waals surface area contributed by atoms with Gasteiger partial charge in [-0.1, -0.05) is 0 Å². The molecule has 0 aliphatic carbocycles. The van der Waals surface area contributed by atoms with Gasteiger partial charge in [-0.15, -0.1) is 0 Å². The summed E-state index contributed by atoms with van der Waals surface area (Å²) >= 11 is 0. The fourth-order valence-electron chi connectivity index (χ4n) is 1.76. The van der Waals surface area contributed by atoms with E-state index in [2.05, 4.69) is 14.9 Å². The van der Waals surface area contributed by atoms with Crippen molar-refractivity contribution in [2.24, 2.45) is 0 Å². The second kappa shape index (κ2) is 4.58. The Bertz CT molecular complexity index is 635. The number of aryl methyl sites for hydroxylation is 3. The van der Waals surface area contributed by atoms with E-state index >= 15 is 0 Å². The molecule has 18 heavy (non-hydrogen) atoms. The molecule has 0 fully saturated rings. The zero-order valence-corrected chi connectivity index (χ0v) is 11.3. The Hall–Kier alpha value is -1.60.